The number of nitrogens with zero attached hydrogens (tertiary/aromatic N) is 1. The summed E-state index contributed by atoms with van der Waals surface area (Å²) in [5, 5.41) is 9.91. The van der Waals surface area contributed by atoms with E-state index in [0.29, 0.717) is 17.3 Å². The van der Waals surface area contributed by atoms with Gasteiger partial charge < -0.3 is 9.67 Å². The van der Waals surface area contributed by atoms with Crippen molar-refractivity contribution in [2.75, 3.05) is 0 Å². The van der Waals surface area contributed by atoms with Crippen LogP contribution in [0.1, 0.15) is 29.4 Å². The van der Waals surface area contributed by atoms with Gasteiger partial charge in [-0.25, -0.2) is 4.79 Å². The molecule has 0 bridgehead atoms. The Morgan fingerprint density at radius 3 is 2.63 bits per heavy atom. The second kappa shape index (κ2) is 5.49. The van der Waals surface area contributed by atoms with Crippen molar-refractivity contribution < 1.29 is 9.90 Å². The number of aromatic carboxylic acids is 1. The summed E-state index contributed by atoms with van der Waals surface area (Å²) < 4.78 is 1.85. The quantitative estimate of drug-likeness (QED) is 0.909. The van der Waals surface area contributed by atoms with E-state index in [0.717, 1.165) is 23.2 Å². The predicted octanol–water partition coefficient (Wildman–Crippen LogP) is 4.23. The Labute approximate surface area is 117 Å². The predicted molar refractivity (Wildman–Crippen MR) is 76.9 cm³/mol. The average Bonchev–Trinajstić information content (AvgIpc) is 2.73. The van der Waals surface area contributed by atoms with Crippen molar-refractivity contribution in [3.05, 3.63) is 46.6 Å². The lowest BCUT2D eigenvalue weighted by molar-refractivity contribution is 0.0685. The fourth-order valence-corrected chi connectivity index (χ4v) is 2.50. The molecule has 0 aliphatic rings. The number of rotatable bonds is 4. The molecule has 0 aliphatic carbocycles. The van der Waals surface area contributed by atoms with Crippen molar-refractivity contribution in [1.29, 1.82) is 0 Å². The number of hydrogen-bond acceptors (Lipinski definition) is 1. The summed E-state index contributed by atoms with van der Waals surface area (Å²) in [5.74, 6) is -0.897. The first-order chi connectivity index (χ1) is 9.04. The van der Waals surface area contributed by atoms with Gasteiger partial charge in [-0.3, -0.25) is 0 Å². The van der Waals surface area contributed by atoms with E-state index in [1.165, 1.54) is 0 Å². The third kappa shape index (κ3) is 2.66. The maximum atomic E-state index is 11.2. The first kappa shape index (κ1) is 13.7. The van der Waals surface area contributed by atoms with Crippen molar-refractivity contribution in [3.63, 3.8) is 0 Å². The van der Waals surface area contributed by atoms with Gasteiger partial charge in [-0.05, 0) is 43.2 Å². The third-order valence-electron chi connectivity index (χ3n) is 3.11. The molecule has 1 N–H and O–H groups in total. The monoisotopic (exact) mass is 277 g/mol. The van der Waals surface area contributed by atoms with Gasteiger partial charge in [0.15, 0.2) is 0 Å². The Kier molecular flexibility index (Phi) is 3.96. The summed E-state index contributed by atoms with van der Waals surface area (Å²) in [6.07, 6.45) is 0.884. The van der Waals surface area contributed by atoms with Crippen LogP contribution in [0.3, 0.4) is 0 Å². The first-order valence-corrected chi connectivity index (χ1v) is 6.61. The average molecular weight is 278 g/mol. The van der Waals surface area contributed by atoms with Crippen LogP contribution in [0, 0.1) is 6.92 Å². The Hall–Kier alpha value is -1.74. The number of carboxylic acid groups (broad SMARTS) is 1. The SMILES string of the molecule is CCCn1c(C(=O)O)ccc1-c1ccc(Cl)cc1C. The van der Waals surface area contributed by atoms with Crippen LogP contribution in [-0.4, -0.2) is 15.6 Å². The minimum atomic E-state index is -0.897. The van der Waals surface area contributed by atoms with Crippen LogP contribution < -0.4 is 0 Å². The molecule has 0 radical (unpaired) electrons. The number of aromatic nitrogens is 1. The van der Waals surface area contributed by atoms with Gasteiger partial charge in [0, 0.05) is 22.8 Å². The van der Waals surface area contributed by atoms with E-state index in [4.69, 9.17) is 11.6 Å². The van der Waals surface area contributed by atoms with Crippen molar-refractivity contribution in [3.8, 4) is 11.3 Å². The van der Waals surface area contributed by atoms with Crippen LogP contribution in [0.2, 0.25) is 5.02 Å². The number of hydrogen-bond donors (Lipinski definition) is 1. The smallest absolute Gasteiger partial charge is 0.352 e. The largest absolute Gasteiger partial charge is 0.477 e. The molecule has 0 unspecified atom stereocenters. The molecule has 4 heteroatoms. The highest BCUT2D eigenvalue weighted by Crippen LogP contribution is 2.28. The zero-order valence-electron chi connectivity index (χ0n) is 11.0. The topological polar surface area (TPSA) is 42.2 Å². The van der Waals surface area contributed by atoms with Crippen LogP contribution in [-0.2, 0) is 6.54 Å². The fourth-order valence-electron chi connectivity index (χ4n) is 2.27. The Morgan fingerprint density at radius 1 is 1.32 bits per heavy atom. The standard InChI is InChI=1S/C15H16ClNO2/c1-3-8-17-13(6-7-14(17)15(18)19)12-5-4-11(16)9-10(12)2/h4-7,9H,3,8H2,1-2H3,(H,18,19). The van der Waals surface area contributed by atoms with E-state index in [1.54, 1.807) is 6.07 Å². The maximum absolute atomic E-state index is 11.2. The Bertz CT molecular complexity index is 617. The van der Waals surface area contributed by atoms with E-state index >= 15 is 0 Å². The Morgan fingerprint density at radius 2 is 2.05 bits per heavy atom. The van der Waals surface area contributed by atoms with Crippen LogP contribution in [0.5, 0.6) is 0 Å². The lowest BCUT2D eigenvalue weighted by Gasteiger charge is -2.12. The summed E-state index contributed by atoms with van der Waals surface area (Å²) in [7, 11) is 0. The molecule has 1 aromatic carbocycles. The Balaban J connectivity index is 2.58. The van der Waals surface area contributed by atoms with Gasteiger partial charge in [-0.2, -0.15) is 0 Å². The molecule has 2 rings (SSSR count). The number of carbonyl (C=O) groups is 1. The van der Waals surface area contributed by atoms with E-state index < -0.39 is 5.97 Å². The molecule has 0 saturated carbocycles. The summed E-state index contributed by atoms with van der Waals surface area (Å²) in [6.45, 7) is 4.70. The molecule has 3 nitrogen and oxygen atoms in total. The lowest BCUT2D eigenvalue weighted by atomic mass is 10.1. The molecule has 1 aromatic heterocycles. The lowest BCUT2D eigenvalue weighted by Crippen LogP contribution is -2.09. The highest BCUT2D eigenvalue weighted by molar-refractivity contribution is 6.30. The molecule has 19 heavy (non-hydrogen) atoms. The number of aryl methyl sites for hydroxylation is 1. The maximum Gasteiger partial charge on any atom is 0.352 e. The molecule has 0 aliphatic heterocycles. The van der Waals surface area contributed by atoms with Gasteiger partial charge in [-0.15, -0.1) is 0 Å². The molecule has 100 valence electrons. The van der Waals surface area contributed by atoms with E-state index in [1.807, 2.05) is 42.7 Å². The first-order valence-electron chi connectivity index (χ1n) is 6.24. The molecule has 0 saturated heterocycles. The van der Waals surface area contributed by atoms with Crippen molar-refractivity contribution in [2.24, 2.45) is 0 Å². The minimum absolute atomic E-state index is 0.325. The molecule has 0 spiro atoms. The van der Waals surface area contributed by atoms with Crippen LogP contribution >= 0.6 is 11.6 Å². The zero-order valence-corrected chi connectivity index (χ0v) is 11.7. The van der Waals surface area contributed by atoms with Crippen molar-refractivity contribution >= 4 is 17.6 Å². The zero-order chi connectivity index (χ0) is 14.0. The van der Waals surface area contributed by atoms with Gasteiger partial charge in [-0.1, -0.05) is 24.6 Å². The number of benzene rings is 1. The summed E-state index contributed by atoms with van der Waals surface area (Å²) in [5.41, 5.74) is 3.31. The second-order valence-electron chi connectivity index (χ2n) is 4.52. The molecule has 1 heterocycles. The highest BCUT2D eigenvalue weighted by atomic mass is 35.5. The summed E-state index contributed by atoms with van der Waals surface area (Å²) >= 11 is 5.96. The van der Waals surface area contributed by atoms with E-state index in [2.05, 4.69) is 0 Å². The van der Waals surface area contributed by atoms with Crippen molar-refractivity contribution in [2.45, 2.75) is 26.8 Å². The number of carboxylic acids is 1. The molecular weight excluding hydrogens is 262 g/mol. The van der Waals surface area contributed by atoms with Gasteiger partial charge in [0.2, 0.25) is 0 Å². The van der Waals surface area contributed by atoms with Gasteiger partial charge in [0.1, 0.15) is 5.69 Å². The van der Waals surface area contributed by atoms with Gasteiger partial charge >= 0.3 is 5.97 Å². The molecule has 0 atom stereocenters. The number of halogens is 1. The molecule has 0 fully saturated rings. The van der Waals surface area contributed by atoms with Crippen LogP contribution in [0.15, 0.2) is 30.3 Å². The van der Waals surface area contributed by atoms with E-state index in [-0.39, 0.29) is 0 Å². The van der Waals surface area contributed by atoms with E-state index in [9.17, 15) is 9.90 Å². The molecule has 2 aromatic rings. The summed E-state index contributed by atoms with van der Waals surface area (Å²) in [4.78, 5) is 11.2. The fraction of sp³-hybridized carbons (Fsp3) is 0.267. The normalized spacial score (nSPS) is 10.7. The molecular formula is C15H16ClNO2. The molecule has 0 amide bonds. The summed E-state index contributed by atoms with van der Waals surface area (Å²) in [6, 6.07) is 9.16. The van der Waals surface area contributed by atoms with Crippen LogP contribution in [0.25, 0.3) is 11.3 Å². The van der Waals surface area contributed by atoms with Crippen LogP contribution in [0.4, 0.5) is 0 Å². The highest BCUT2D eigenvalue weighted by Gasteiger charge is 2.15. The van der Waals surface area contributed by atoms with Gasteiger partial charge in [0.25, 0.3) is 0 Å². The second-order valence-corrected chi connectivity index (χ2v) is 4.96. The minimum Gasteiger partial charge on any atom is -0.477 e. The van der Waals surface area contributed by atoms with Gasteiger partial charge in [0.05, 0.1) is 0 Å². The third-order valence-corrected chi connectivity index (χ3v) is 3.35. The van der Waals surface area contributed by atoms with Crippen molar-refractivity contribution in [1.82, 2.24) is 4.57 Å².